The molecule has 1 aromatic carbocycles. The minimum absolute atomic E-state index is 0.0236. The third kappa shape index (κ3) is 4.17. The van der Waals surface area contributed by atoms with Gasteiger partial charge in [0.1, 0.15) is 5.75 Å². The molecule has 1 aliphatic heterocycles. The summed E-state index contributed by atoms with van der Waals surface area (Å²) in [6.07, 6.45) is 3.15. The first-order valence-electron chi connectivity index (χ1n) is 11.1. The molecule has 0 atom stereocenters. The van der Waals surface area contributed by atoms with Gasteiger partial charge in [0.15, 0.2) is 0 Å². The number of hydrogen-bond donors (Lipinski definition) is 1. The second-order valence-corrected chi connectivity index (χ2v) is 7.96. The van der Waals surface area contributed by atoms with Crippen LogP contribution in [0.1, 0.15) is 48.7 Å². The Kier molecular flexibility index (Phi) is 6.39. The number of benzene rings is 1. The van der Waals surface area contributed by atoms with E-state index < -0.39 is 0 Å². The molecule has 4 rings (SSSR count). The van der Waals surface area contributed by atoms with E-state index in [1.165, 1.54) is 0 Å². The van der Waals surface area contributed by atoms with Crippen molar-refractivity contribution in [2.45, 2.75) is 32.6 Å². The summed E-state index contributed by atoms with van der Waals surface area (Å²) < 4.78 is 5.34. The van der Waals surface area contributed by atoms with Crippen molar-refractivity contribution < 1.29 is 9.53 Å². The van der Waals surface area contributed by atoms with Gasteiger partial charge in [0.05, 0.1) is 23.6 Å². The molecule has 0 bridgehead atoms. The van der Waals surface area contributed by atoms with Crippen molar-refractivity contribution in [3.05, 3.63) is 58.1 Å². The van der Waals surface area contributed by atoms with Gasteiger partial charge < -0.3 is 19.5 Å². The summed E-state index contributed by atoms with van der Waals surface area (Å²) in [5.74, 6) is 1.36. The number of H-pyrrole nitrogens is 1. The number of aromatic nitrogens is 3. The van der Waals surface area contributed by atoms with E-state index in [4.69, 9.17) is 4.74 Å². The first kappa shape index (κ1) is 21.8. The maximum Gasteiger partial charge on any atom is 0.259 e. The van der Waals surface area contributed by atoms with Crippen LogP contribution in [0.2, 0.25) is 0 Å². The van der Waals surface area contributed by atoms with Crippen LogP contribution >= 0.6 is 0 Å². The second-order valence-electron chi connectivity index (χ2n) is 7.96. The zero-order valence-corrected chi connectivity index (χ0v) is 18.8. The van der Waals surface area contributed by atoms with Crippen LogP contribution in [0.5, 0.6) is 5.75 Å². The van der Waals surface area contributed by atoms with Crippen LogP contribution < -0.4 is 15.2 Å². The average molecular weight is 436 g/mol. The molecular formula is C24H29N5O3. The maximum absolute atomic E-state index is 13.0. The topological polar surface area (TPSA) is 91.4 Å². The number of carbonyl (C=O) groups excluding carboxylic acids is 1. The Morgan fingerprint density at radius 1 is 1.22 bits per heavy atom. The molecule has 0 saturated carbocycles. The number of likely N-dealkylation sites (tertiary alicyclic amines) is 1. The number of methoxy groups -OCH3 is 1. The molecule has 0 unspecified atom stereocenters. The van der Waals surface area contributed by atoms with Crippen molar-refractivity contribution in [3.8, 4) is 5.75 Å². The number of hydrogen-bond acceptors (Lipinski definition) is 6. The van der Waals surface area contributed by atoms with E-state index in [0.29, 0.717) is 41.3 Å². The summed E-state index contributed by atoms with van der Waals surface area (Å²) in [6.45, 7) is 6.96. The Balaban J connectivity index is 1.53. The zero-order chi connectivity index (χ0) is 22.7. The number of carbonyl (C=O) groups is 1. The van der Waals surface area contributed by atoms with Crippen molar-refractivity contribution in [2.75, 3.05) is 38.2 Å². The van der Waals surface area contributed by atoms with Crippen LogP contribution in [0.15, 0.2) is 41.3 Å². The number of aromatic amines is 1. The van der Waals surface area contributed by atoms with Gasteiger partial charge in [0.2, 0.25) is 5.95 Å². The minimum atomic E-state index is -0.170. The maximum atomic E-state index is 13.0. The Labute approximate surface area is 187 Å². The smallest absolute Gasteiger partial charge is 0.259 e. The van der Waals surface area contributed by atoms with Gasteiger partial charge in [-0.15, -0.1) is 0 Å². The van der Waals surface area contributed by atoms with Gasteiger partial charge in [0.25, 0.3) is 11.5 Å². The monoisotopic (exact) mass is 435 g/mol. The zero-order valence-electron chi connectivity index (χ0n) is 18.8. The largest absolute Gasteiger partial charge is 0.496 e. The number of amides is 1. The molecule has 0 spiro atoms. The van der Waals surface area contributed by atoms with E-state index >= 15 is 0 Å². The molecular weight excluding hydrogens is 406 g/mol. The Morgan fingerprint density at radius 3 is 2.62 bits per heavy atom. The van der Waals surface area contributed by atoms with E-state index in [1.807, 2.05) is 23.1 Å². The molecule has 32 heavy (non-hydrogen) atoms. The molecule has 2 aromatic heterocycles. The van der Waals surface area contributed by atoms with E-state index in [9.17, 15) is 9.59 Å². The summed E-state index contributed by atoms with van der Waals surface area (Å²) in [7, 11) is 1.57. The molecule has 0 aliphatic carbocycles. The molecule has 1 saturated heterocycles. The fourth-order valence-electron chi connectivity index (χ4n) is 4.32. The number of rotatable bonds is 6. The highest BCUT2D eigenvalue weighted by Gasteiger charge is 2.27. The van der Waals surface area contributed by atoms with Gasteiger partial charge in [-0.05, 0) is 44.9 Å². The van der Waals surface area contributed by atoms with E-state index in [-0.39, 0.29) is 17.4 Å². The predicted molar refractivity (Wildman–Crippen MR) is 125 cm³/mol. The second kappa shape index (κ2) is 9.38. The lowest BCUT2D eigenvalue weighted by molar-refractivity contribution is 0.0708. The summed E-state index contributed by atoms with van der Waals surface area (Å²) in [5.41, 5.74) is 1.94. The van der Waals surface area contributed by atoms with Crippen LogP contribution in [0.25, 0.3) is 10.9 Å². The van der Waals surface area contributed by atoms with Gasteiger partial charge in [-0.25, -0.2) is 9.97 Å². The number of nitrogens with zero attached hydrogens (tertiary/aromatic N) is 4. The lowest BCUT2D eigenvalue weighted by Gasteiger charge is -2.32. The predicted octanol–water partition coefficient (Wildman–Crippen LogP) is 3.19. The summed E-state index contributed by atoms with van der Waals surface area (Å²) in [5, 5.41) is 0.494. The molecule has 8 nitrogen and oxygen atoms in total. The number of pyridine rings is 1. The van der Waals surface area contributed by atoms with Crippen molar-refractivity contribution in [2.24, 2.45) is 0 Å². The van der Waals surface area contributed by atoms with Crippen molar-refractivity contribution in [3.63, 3.8) is 0 Å². The highest BCUT2D eigenvalue weighted by molar-refractivity contribution is 5.97. The van der Waals surface area contributed by atoms with Crippen molar-refractivity contribution in [1.29, 1.82) is 0 Å². The first-order chi connectivity index (χ1) is 15.5. The summed E-state index contributed by atoms with van der Waals surface area (Å²) in [6, 6.07) is 9.26. The third-order valence-corrected chi connectivity index (χ3v) is 6.21. The average Bonchev–Trinajstić information content (AvgIpc) is 2.84. The fourth-order valence-corrected chi connectivity index (χ4v) is 4.32. The quantitative estimate of drug-likeness (QED) is 0.639. The van der Waals surface area contributed by atoms with Gasteiger partial charge >= 0.3 is 0 Å². The SMILES string of the molecule is CCN(CC)c1ncc2c(=O)[nH]c(C3CCN(C(=O)c4ccccc4OC)CC3)cc2n1. The van der Waals surface area contributed by atoms with Crippen LogP contribution in [-0.2, 0) is 0 Å². The number of nitrogens with one attached hydrogen (secondary N) is 1. The lowest BCUT2D eigenvalue weighted by Crippen LogP contribution is -2.38. The van der Waals surface area contributed by atoms with Crippen LogP contribution in [0, 0.1) is 0 Å². The lowest BCUT2D eigenvalue weighted by atomic mass is 9.92. The number of piperidine rings is 1. The molecule has 8 heteroatoms. The van der Waals surface area contributed by atoms with Crippen molar-refractivity contribution >= 4 is 22.8 Å². The Bertz CT molecular complexity index is 1160. The summed E-state index contributed by atoms with van der Waals surface area (Å²) in [4.78, 5) is 41.6. The Hall–Kier alpha value is -3.42. The van der Waals surface area contributed by atoms with Crippen LogP contribution in [0.3, 0.4) is 0 Å². The molecule has 1 fully saturated rings. The standard InChI is InChI=1S/C24H29N5O3/c1-4-28(5-2)24-25-15-18-20(27-24)14-19(26-22(18)30)16-10-12-29(13-11-16)23(31)17-8-6-7-9-21(17)32-3/h6-9,14-16H,4-5,10-13H2,1-3H3,(H,26,30). The molecule has 1 aliphatic rings. The highest BCUT2D eigenvalue weighted by atomic mass is 16.5. The number of para-hydroxylation sites is 1. The first-order valence-corrected chi connectivity index (χ1v) is 11.1. The van der Waals surface area contributed by atoms with E-state index in [1.54, 1.807) is 25.4 Å². The number of fused-ring (bicyclic) bond motifs is 1. The van der Waals surface area contributed by atoms with Crippen LogP contribution in [0.4, 0.5) is 5.95 Å². The van der Waals surface area contributed by atoms with Gasteiger partial charge in [-0.1, -0.05) is 12.1 Å². The fraction of sp³-hybridized carbons (Fsp3) is 0.417. The molecule has 3 aromatic rings. The summed E-state index contributed by atoms with van der Waals surface area (Å²) >= 11 is 0. The van der Waals surface area contributed by atoms with E-state index in [2.05, 4.69) is 33.7 Å². The minimum Gasteiger partial charge on any atom is -0.496 e. The number of anilines is 1. The van der Waals surface area contributed by atoms with Crippen LogP contribution in [-0.4, -0.2) is 59.0 Å². The molecule has 168 valence electrons. The highest BCUT2D eigenvalue weighted by Crippen LogP contribution is 2.29. The molecule has 0 radical (unpaired) electrons. The van der Waals surface area contributed by atoms with Gasteiger partial charge in [0, 0.05) is 44.0 Å². The van der Waals surface area contributed by atoms with Gasteiger partial charge in [-0.2, -0.15) is 0 Å². The Morgan fingerprint density at radius 2 is 1.94 bits per heavy atom. The van der Waals surface area contributed by atoms with Gasteiger partial charge in [-0.3, -0.25) is 9.59 Å². The molecule has 1 N–H and O–H groups in total. The molecule has 3 heterocycles. The van der Waals surface area contributed by atoms with Crippen molar-refractivity contribution in [1.82, 2.24) is 19.9 Å². The third-order valence-electron chi connectivity index (χ3n) is 6.21. The number of ether oxygens (including phenoxy) is 1. The van der Waals surface area contributed by atoms with E-state index in [0.717, 1.165) is 31.6 Å². The normalized spacial score (nSPS) is 14.5. The molecule has 1 amide bonds.